The highest BCUT2D eigenvalue weighted by Gasteiger charge is 2.52. The van der Waals surface area contributed by atoms with Gasteiger partial charge in [0.2, 0.25) is 0 Å². The van der Waals surface area contributed by atoms with Crippen LogP contribution < -0.4 is 9.64 Å². The van der Waals surface area contributed by atoms with E-state index in [1.165, 1.54) is 31.4 Å². The number of fused-ring (bicyclic) bond motifs is 3. The van der Waals surface area contributed by atoms with Crippen molar-refractivity contribution in [3.63, 3.8) is 0 Å². The number of rotatable bonds is 7. The number of β-amino-alcohol motifs (C(OH)–C–C–N with tert-alkyl or cyclic N) is 1. The van der Waals surface area contributed by atoms with Gasteiger partial charge in [0.15, 0.2) is 5.82 Å². The van der Waals surface area contributed by atoms with E-state index in [2.05, 4.69) is 9.88 Å². The van der Waals surface area contributed by atoms with Crippen LogP contribution in [0.5, 0.6) is 11.8 Å². The number of benzene rings is 2. The number of nitrogens with zero attached hydrogens (tertiary/aromatic N) is 5. The quantitative estimate of drug-likeness (QED) is 0.202. The van der Waals surface area contributed by atoms with E-state index in [4.69, 9.17) is 19.4 Å². The Kier molecular flexibility index (Phi) is 8.74. The molecule has 2 aliphatic carbocycles. The Hall–Kier alpha value is -3.67. The number of anilines is 1. The van der Waals surface area contributed by atoms with Gasteiger partial charge in [0, 0.05) is 42.3 Å². The van der Waals surface area contributed by atoms with Crippen molar-refractivity contribution in [1.29, 1.82) is 0 Å². The number of aromatic nitrogens is 3. The number of aromatic hydroxyl groups is 1. The van der Waals surface area contributed by atoms with Crippen molar-refractivity contribution in [1.82, 2.24) is 19.9 Å². The second-order valence-corrected chi connectivity index (χ2v) is 16.1. The van der Waals surface area contributed by atoms with Crippen molar-refractivity contribution in [2.24, 2.45) is 5.41 Å². The van der Waals surface area contributed by atoms with Crippen LogP contribution in [0.4, 0.5) is 14.6 Å². The summed E-state index contributed by atoms with van der Waals surface area (Å²) in [6.07, 6.45) is 14.3. The average molecular weight is 714 g/mol. The monoisotopic (exact) mass is 713 g/mol. The molecule has 5 heterocycles. The summed E-state index contributed by atoms with van der Waals surface area (Å²) in [5.41, 5.74) is 0.875. The number of phenolic OH excluding ortho intramolecular Hbond substituents is 1. The van der Waals surface area contributed by atoms with Gasteiger partial charge in [-0.3, -0.25) is 9.88 Å². The Morgan fingerprint density at radius 2 is 1.81 bits per heavy atom. The van der Waals surface area contributed by atoms with Crippen LogP contribution >= 0.6 is 0 Å². The third-order valence-electron chi connectivity index (χ3n) is 13.2. The number of aryl methyl sites for hydroxylation is 1. The highest BCUT2D eigenvalue weighted by atomic mass is 19.1. The van der Waals surface area contributed by atoms with Crippen molar-refractivity contribution < 1.29 is 28.5 Å². The van der Waals surface area contributed by atoms with E-state index >= 15 is 8.78 Å². The summed E-state index contributed by atoms with van der Waals surface area (Å²) in [5.74, 6) is -0.660. The largest absolute Gasteiger partial charge is 0.508 e. The van der Waals surface area contributed by atoms with E-state index < -0.39 is 17.7 Å². The molecule has 5 fully saturated rings. The fourth-order valence-corrected chi connectivity index (χ4v) is 10.5. The first-order valence-electron chi connectivity index (χ1n) is 19.5. The first kappa shape index (κ1) is 34.1. The van der Waals surface area contributed by atoms with Crippen molar-refractivity contribution >= 4 is 27.5 Å². The summed E-state index contributed by atoms with van der Waals surface area (Å²) in [7, 11) is 0. The van der Waals surface area contributed by atoms with Gasteiger partial charge < -0.3 is 24.6 Å². The zero-order chi connectivity index (χ0) is 35.6. The number of piperidine rings is 2. The fraction of sp³-hybridized carbons (Fsp3) is 0.585. The number of pyridine rings is 1. The molecule has 3 unspecified atom stereocenters. The molecule has 1 spiro atoms. The summed E-state index contributed by atoms with van der Waals surface area (Å²) in [6, 6.07) is 7.08. The first-order chi connectivity index (χ1) is 25.3. The molecule has 3 atom stereocenters. The zero-order valence-electron chi connectivity index (χ0n) is 30.0. The minimum Gasteiger partial charge on any atom is -0.508 e. The van der Waals surface area contributed by atoms with E-state index in [-0.39, 0.29) is 34.0 Å². The predicted molar refractivity (Wildman–Crippen MR) is 196 cm³/mol. The molecule has 4 aromatic rings. The molecule has 0 radical (unpaired) electrons. The van der Waals surface area contributed by atoms with Gasteiger partial charge in [0.05, 0.1) is 30.3 Å². The highest BCUT2D eigenvalue weighted by Crippen LogP contribution is 2.51. The van der Waals surface area contributed by atoms with Crippen LogP contribution in [0.15, 0.2) is 30.5 Å². The SMILES string of the molecule is CCc1c(F)ccc2cc(O)cc(-c3ncc4c(N5CCCC(O)C5)nc(OCC56CCCC5N(C5CCC7(CCO7)CC5)CCC6)nc4c3F)c12. The molecule has 2 N–H and O–H groups in total. The number of hydrogen-bond donors (Lipinski definition) is 2. The van der Waals surface area contributed by atoms with Crippen LogP contribution in [0.2, 0.25) is 0 Å². The maximum Gasteiger partial charge on any atom is 0.319 e. The lowest BCUT2D eigenvalue weighted by molar-refractivity contribution is -0.175. The van der Waals surface area contributed by atoms with Gasteiger partial charge in [-0.05, 0) is 118 Å². The molecule has 11 heteroatoms. The molecular weight excluding hydrogens is 664 g/mol. The molecule has 276 valence electrons. The third kappa shape index (κ3) is 5.78. The number of aliphatic hydroxyl groups excluding tert-OH is 1. The molecule has 5 aliphatic rings. The van der Waals surface area contributed by atoms with E-state index in [9.17, 15) is 10.2 Å². The van der Waals surface area contributed by atoms with Gasteiger partial charge >= 0.3 is 6.01 Å². The van der Waals surface area contributed by atoms with E-state index in [0.29, 0.717) is 77.7 Å². The minimum atomic E-state index is -0.687. The number of likely N-dealkylation sites (tertiary alicyclic amines) is 1. The normalized spacial score (nSPS) is 29.5. The van der Waals surface area contributed by atoms with E-state index in [1.54, 1.807) is 18.3 Å². The summed E-state index contributed by atoms with van der Waals surface area (Å²) >= 11 is 0. The van der Waals surface area contributed by atoms with Gasteiger partial charge in [-0.25, -0.2) is 8.78 Å². The maximum atomic E-state index is 17.0. The molecule has 2 saturated carbocycles. The molecule has 9 nitrogen and oxygen atoms in total. The van der Waals surface area contributed by atoms with Gasteiger partial charge in [-0.15, -0.1) is 0 Å². The summed E-state index contributed by atoms with van der Waals surface area (Å²) < 4.78 is 44.8. The molecule has 0 bridgehead atoms. The van der Waals surface area contributed by atoms with Crippen LogP contribution in [0, 0.1) is 17.0 Å². The van der Waals surface area contributed by atoms with Crippen LogP contribution in [-0.2, 0) is 11.2 Å². The van der Waals surface area contributed by atoms with Gasteiger partial charge in [0.25, 0.3) is 0 Å². The van der Waals surface area contributed by atoms with Crippen LogP contribution in [0.3, 0.4) is 0 Å². The Labute approximate surface area is 303 Å². The topological polar surface area (TPSA) is 104 Å². The molecule has 3 saturated heterocycles. The first-order valence-corrected chi connectivity index (χ1v) is 19.5. The van der Waals surface area contributed by atoms with Gasteiger partial charge in [0.1, 0.15) is 28.6 Å². The second kappa shape index (κ2) is 13.3. The number of halogens is 2. The maximum absolute atomic E-state index is 17.0. The number of aliphatic hydroxyl groups is 1. The van der Waals surface area contributed by atoms with Gasteiger partial charge in [-0.1, -0.05) is 19.4 Å². The van der Waals surface area contributed by atoms with Crippen LogP contribution in [0.1, 0.15) is 89.5 Å². The molecular formula is C41H49F2N5O4. The third-order valence-corrected chi connectivity index (χ3v) is 13.2. The summed E-state index contributed by atoms with van der Waals surface area (Å²) in [4.78, 5) is 19.0. The number of hydrogen-bond acceptors (Lipinski definition) is 9. The molecule has 52 heavy (non-hydrogen) atoms. The molecule has 9 rings (SSSR count). The Balaban J connectivity index is 1.08. The van der Waals surface area contributed by atoms with E-state index in [0.717, 1.165) is 64.5 Å². The standard InChI is InChI=1S/C41H49F2N5O4/c1-2-29-32(42)9-8-25-20-28(50)21-30(34(25)29)36-35(43)37-31(22-44-36)38(47-17-4-6-27(49)23-47)46-39(45-37)51-24-40-12-3-7-33(40)48(18-5-13-40)26-10-14-41(15-11-26)16-19-52-41/h8-9,20-22,26-27,33,49-50H,2-7,10-19,23-24H2,1H3. The molecule has 2 aromatic heterocycles. The van der Waals surface area contributed by atoms with Crippen LogP contribution in [-0.4, -0.2) is 86.7 Å². The Bertz CT molecular complexity index is 2000. The van der Waals surface area contributed by atoms with E-state index in [1.807, 2.05) is 11.8 Å². The fourth-order valence-electron chi connectivity index (χ4n) is 10.5. The minimum absolute atomic E-state index is 0.0246. The summed E-state index contributed by atoms with van der Waals surface area (Å²) in [6.45, 7) is 5.34. The van der Waals surface area contributed by atoms with Gasteiger partial charge in [-0.2, -0.15) is 9.97 Å². The summed E-state index contributed by atoms with van der Waals surface area (Å²) in [5, 5.41) is 22.8. The number of ether oxygens (including phenoxy) is 2. The molecule has 0 amide bonds. The predicted octanol–water partition coefficient (Wildman–Crippen LogP) is 7.47. The Morgan fingerprint density at radius 1 is 0.981 bits per heavy atom. The van der Waals surface area contributed by atoms with Crippen molar-refractivity contribution in [2.75, 3.05) is 37.7 Å². The lowest BCUT2D eigenvalue weighted by Gasteiger charge is -2.53. The number of phenols is 1. The van der Waals surface area contributed by atoms with Crippen molar-refractivity contribution in [3.8, 4) is 23.0 Å². The lowest BCUT2D eigenvalue weighted by Crippen LogP contribution is -2.58. The zero-order valence-corrected chi connectivity index (χ0v) is 30.0. The smallest absolute Gasteiger partial charge is 0.319 e. The lowest BCUT2D eigenvalue weighted by atomic mass is 9.72. The van der Waals surface area contributed by atoms with Crippen molar-refractivity contribution in [2.45, 2.75) is 114 Å². The molecule has 2 aromatic carbocycles. The second-order valence-electron chi connectivity index (χ2n) is 16.1. The average Bonchev–Trinajstić information content (AvgIpc) is 3.58. The Morgan fingerprint density at radius 3 is 2.58 bits per heavy atom. The molecule has 3 aliphatic heterocycles. The highest BCUT2D eigenvalue weighted by molar-refractivity contribution is 6.01. The van der Waals surface area contributed by atoms with Crippen LogP contribution in [0.25, 0.3) is 32.9 Å². The van der Waals surface area contributed by atoms with Crippen molar-refractivity contribution in [3.05, 3.63) is 47.7 Å².